The van der Waals surface area contributed by atoms with Crippen LogP contribution in [0, 0.1) is 0 Å². The van der Waals surface area contributed by atoms with Crippen molar-refractivity contribution in [3.63, 3.8) is 0 Å². The van der Waals surface area contributed by atoms with Gasteiger partial charge in [-0.05, 0) is 71.8 Å². The first-order valence-electron chi connectivity index (χ1n) is 16.0. The largest absolute Gasteiger partial charge is 0.290 e. The highest BCUT2D eigenvalue weighted by molar-refractivity contribution is 6.07. The van der Waals surface area contributed by atoms with Crippen LogP contribution in [0.3, 0.4) is 0 Å². The lowest BCUT2D eigenvalue weighted by molar-refractivity contribution is 1.10. The van der Waals surface area contributed by atoms with Crippen molar-refractivity contribution in [1.29, 1.82) is 0 Å². The zero-order chi connectivity index (χ0) is 32.6. The fraction of sp³-hybridized carbons (Fsp3) is 0. The Labute approximate surface area is 282 Å². The summed E-state index contributed by atoms with van der Waals surface area (Å²) in [5, 5.41) is 0. The third kappa shape index (κ3) is 5.20. The zero-order valence-corrected chi connectivity index (χ0v) is 26.2. The first kappa shape index (κ1) is 28.4. The topological polar surface area (TPSA) is 82.3 Å². The van der Waals surface area contributed by atoms with Crippen molar-refractivity contribution in [2.75, 3.05) is 0 Å². The Morgan fingerprint density at radius 2 is 1.00 bits per heavy atom. The predicted molar refractivity (Wildman–Crippen MR) is 195 cm³/mol. The van der Waals surface area contributed by atoms with Crippen molar-refractivity contribution in [2.24, 2.45) is 0 Å². The summed E-state index contributed by atoms with van der Waals surface area (Å²) in [6, 6.07) is 48.9. The van der Waals surface area contributed by atoms with Crippen molar-refractivity contribution in [1.82, 2.24) is 34.5 Å². The molecular formula is C42H27N7. The molecule has 0 saturated carbocycles. The Hall–Kier alpha value is -6.86. The second-order valence-electron chi connectivity index (χ2n) is 11.6. The van der Waals surface area contributed by atoms with Gasteiger partial charge >= 0.3 is 0 Å². The molecule has 0 unspecified atom stereocenters. The summed E-state index contributed by atoms with van der Waals surface area (Å²) in [6.07, 6.45) is 5.37. The standard InChI is InChI=1S/C42H27N7/c1-3-12-29(13-4-1)38-41-40(39-35(47-38)18-11-25-45-39)48-42(49(41)32-14-5-2-6-15-32)30-21-19-28(20-22-30)31-26-36(33-16-7-9-23-43-33)46-37(27-31)34-17-8-10-24-44-34/h1-27H. The van der Waals surface area contributed by atoms with Crippen molar-refractivity contribution in [3.05, 3.63) is 164 Å². The minimum atomic E-state index is 0.769. The Bertz CT molecular complexity index is 2510. The van der Waals surface area contributed by atoms with Crippen LogP contribution >= 0.6 is 0 Å². The Kier molecular flexibility index (Phi) is 6.98. The molecule has 0 aliphatic heterocycles. The number of hydrogen-bond acceptors (Lipinski definition) is 6. The molecule has 0 aliphatic carbocycles. The molecule has 0 amide bonds. The first-order valence-corrected chi connectivity index (χ1v) is 16.0. The van der Waals surface area contributed by atoms with Gasteiger partial charge in [0.15, 0.2) is 0 Å². The molecule has 0 atom stereocenters. The van der Waals surface area contributed by atoms with E-state index in [0.717, 1.165) is 84.3 Å². The summed E-state index contributed by atoms with van der Waals surface area (Å²) in [5.41, 5.74) is 12.4. The predicted octanol–water partition coefficient (Wildman–Crippen LogP) is 9.49. The number of benzene rings is 3. The lowest BCUT2D eigenvalue weighted by atomic mass is 10.0. The van der Waals surface area contributed by atoms with Gasteiger partial charge in [0, 0.05) is 35.4 Å². The maximum Gasteiger partial charge on any atom is 0.145 e. The number of hydrogen-bond donors (Lipinski definition) is 0. The van der Waals surface area contributed by atoms with E-state index in [9.17, 15) is 0 Å². The second-order valence-corrected chi connectivity index (χ2v) is 11.6. The van der Waals surface area contributed by atoms with Crippen LogP contribution < -0.4 is 0 Å². The summed E-state index contributed by atoms with van der Waals surface area (Å²) in [5.74, 6) is 0.808. The quantitative estimate of drug-likeness (QED) is 0.182. The molecule has 0 saturated heterocycles. The molecule has 0 fully saturated rings. The molecule has 9 aromatic rings. The summed E-state index contributed by atoms with van der Waals surface area (Å²) in [7, 11) is 0. The van der Waals surface area contributed by atoms with Gasteiger partial charge in [-0.1, -0.05) is 84.9 Å². The van der Waals surface area contributed by atoms with Gasteiger partial charge in [0.1, 0.15) is 22.4 Å². The second kappa shape index (κ2) is 12.1. The fourth-order valence-electron chi connectivity index (χ4n) is 6.27. The van der Waals surface area contributed by atoms with Crippen LogP contribution in [0.1, 0.15) is 0 Å². The van der Waals surface area contributed by atoms with Gasteiger partial charge in [-0.25, -0.2) is 15.0 Å². The van der Waals surface area contributed by atoms with Crippen molar-refractivity contribution in [2.45, 2.75) is 0 Å². The van der Waals surface area contributed by atoms with Crippen LogP contribution in [0.15, 0.2) is 164 Å². The number of para-hydroxylation sites is 1. The smallest absolute Gasteiger partial charge is 0.145 e. The van der Waals surface area contributed by atoms with Crippen LogP contribution in [0.5, 0.6) is 0 Å². The molecular weight excluding hydrogens is 603 g/mol. The van der Waals surface area contributed by atoms with Gasteiger partial charge in [-0.15, -0.1) is 0 Å². The van der Waals surface area contributed by atoms with Gasteiger partial charge in [0.25, 0.3) is 0 Å². The number of nitrogens with zero attached hydrogens (tertiary/aromatic N) is 7. The third-order valence-corrected chi connectivity index (χ3v) is 8.56. The van der Waals surface area contributed by atoms with Crippen LogP contribution in [-0.2, 0) is 0 Å². The molecule has 0 radical (unpaired) electrons. The fourth-order valence-corrected chi connectivity index (χ4v) is 6.27. The summed E-state index contributed by atoms with van der Waals surface area (Å²) >= 11 is 0. The van der Waals surface area contributed by atoms with E-state index in [0.29, 0.717) is 0 Å². The summed E-state index contributed by atoms with van der Waals surface area (Å²) < 4.78 is 2.21. The van der Waals surface area contributed by atoms with E-state index in [1.807, 2.05) is 84.9 Å². The molecule has 6 heterocycles. The van der Waals surface area contributed by atoms with Crippen LogP contribution in [-0.4, -0.2) is 34.5 Å². The molecule has 230 valence electrons. The van der Waals surface area contributed by atoms with Gasteiger partial charge in [0.05, 0.1) is 34.0 Å². The van der Waals surface area contributed by atoms with E-state index < -0.39 is 0 Å². The maximum atomic E-state index is 5.32. The molecule has 0 bridgehead atoms. The average molecular weight is 630 g/mol. The maximum absolute atomic E-state index is 5.32. The molecule has 49 heavy (non-hydrogen) atoms. The Morgan fingerprint density at radius 1 is 0.388 bits per heavy atom. The van der Waals surface area contributed by atoms with Crippen molar-refractivity contribution >= 4 is 22.1 Å². The molecule has 7 nitrogen and oxygen atoms in total. The van der Waals surface area contributed by atoms with E-state index in [2.05, 4.69) is 75.2 Å². The highest BCUT2D eigenvalue weighted by Crippen LogP contribution is 2.38. The molecule has 3 aromatic carbocycles. The van der Waals surface area contributed by atoms with Gasteiger partial charge < -0.3 is 0 Å². The van der Waals surface area contributed by atoms with Gasteiger partial charge in [0.2, 0.25) is 0 Å². The number of fused-ring (bicyclic) bond motifs is 3. The number of imidazole rings is 1. The van der Waals surface area contributed by atoms with E-state index in [1.54, 1.807) is 18.6 Å². The molecule has 0 N–H and O–H groups in total. The average Bonchev–Trinajstić information content (AvgIpc) is 3.60. The van der Waals surface area contributed by atoms with Crippen LogP contribution in [0.4, 0.5) is 0 Å². The minimum Gasteiger partial charge on any atom is -0.290 e. The van der Waals surface area contributed by atoms with Crippen molar-refractivity contribution in [3.8, 4) is 62.2 Å². The number of pyridine rings is 5. The minimum absolute atomic E-state index is 0.769. The van der Waals surface area contributed by atoms with E-state index >= 15 is 0 Å². The first-order chi connectivity index (χ1) is 24.3. The van der Waals surface area contributed by atoms with E-state index in [-0.39, 0.29) is 0 Å². The van der Waals surface area contributed by atoms with Crippen LogP contribution in [0.25, 0.3) is 84.3 Å². The number of rotatable bonds is 6. The molecule has 0 aliphatic rings. The highest BCUT2D eigenvalue weighted by Gasteiger charge is 2.22. The summed E-state index contributed by atoms with van der Waals surface area (Å²) in [4.78, 5) is 29.3. The third-order valence-electron chi connectivity index (χ3n) is 8.56. The normalized spacial score (nSPS) is 11.3. The molecule has 6 aromatic heterocycles. The van der Waals surface area contributed by atoms with Crippen molar-refractivity contribution < 1.29 is 0 Å². The molecule has 7 heteroatoms. The van der Waals surface area contributed by atoms with E-state index in [4.69, 9.17) is 19.9 Å². The lowest BCUT2D eigenvalue weighted by Crippen LogP contribution is -2.00. The van der Waals surface area contributed by atoms with Crippen LogP contribution in [0.2, 0.25) is 0 Å². The Balaban J connectivity index is 1.24. The number of aromatic nitrogens is 7. The zero-order valence-electron chi connectivity index (χ0n) is 26.2. The van der Waals surface area contributed by atoms with E-state index in [1.165, 1.54) is 0 Å². The van der Waals surface area contributed by atoms with Gasteiger partial charge in [-0.2, -0.15) is 0 Å². The molecule has 9 rings (SSSR count). The molecule has 0 spiro atoms. The lowest BCUT2D eigenvalue weighted by Gasteiger charge is -2.13. The Morgan fingerprint density at radius 3 is 1.65 bits per heavy atom. The summed E-state index contributed by atoms with van der Waals surface area (Å²) in [6.45, 7) is 0. The monoisotopic (exact) mass is 629 g/mol. The van der Waals surface area contributed by atoms with Gasteiger partial charge in [-0.3, -0.25) is 19.5 Å². The highest BCUT2D eigenvalue weighted by atomic mass is 15.1. The SMILES string of the molecule is c1ccc(-c2nc3cccnc3c3nc(-c4ccc(-c5cc(-c6ccccn6)nc(-c6ccccn6)c5)cc4)n(-c4ccccc4)c23)cc1.